The smallest absolute Gasteiger partial charge is 0.260 e. The molecule has 0 fully saturated rings. The Bertz CT molecular complexity index is 744. The van der Waals surface area contributed by atoms with Gasteiger partial charge in [-0.05, 0) is 52.4 Å². The third-order valence-electron chi connectivity index (χ3n) is 3.69. The van der Waals surface area contributed by atoms with Crippen molar-refractivity contribution < 1.29 is 4.79 Å². The van der Waals surface area contributed by atoms with Crippen molar-refractivity contribution in [2.24, 2.45) is 0 Å². The first-order chi connectivity index (χ1) is 10.2. The predicted octanol–water partition coefficient (Wildman–Crippen LogP) is 4.73. The molecule has 4 heteroatoms. The maximum absolute atomic E-state index is 12.0. The summed E-state index contributed by atoms with van der Waals surface area (Å²) >= 11 is 5.11. The van der Waals surface area contributed by atoms with Gasteiger partial charge in [0.2, 0.25) is 0 Å². The van der Waals surface area contributed by atoms with Crippen LogP contribution in [0.1, 0.15) is 16.9 Å². The first-order valence-electron chi connectivity index (χ1n) is 6.96. The summed E-state index contributed by atoms with van der Waals surface area (Å²) in [5.74, 6) is 0.0824. The van der Waals surface area contributed by atoms with Crippen LogP contribution in [0.4, 0.5) is 0 Å². The minimum Gasteiger partial charge on any atom is -0.334 e. The number of aryl methyl sites for hydroxylation is 1. The van der Waals surface area contributed by atoms with Gasteiger partial charge in [-0.25, -0.2) is 0 Å². The van der Waals surface area contributed by atoms with Crippen LogP contribution in [0.2, 0.25) is 0 Å². The van der Waals surface area contributed by atoms with Gasteiger partial charge in [0.25, 0.3) is 5.91 Å². The highest BCUT2D eigenvalue weighted by Crippen LogP contribution is 2.31. The van der Waals surface area contributed by atoms with E-state index in [0.29, 0.717) is 11.0 Å². The quantitative estimate of drug-likeness (QED) is 0.773. The largest absolute Gasteiger partial charge is 0.334 e. The number of amides is 1. The average molecular weight is 362 g/mol. The van der Waals surface area contributed by atoms with Crippen molar-refractivity contribution in [2.45, 2.75) is 13.3 Å². The lowest BCUT2D eigenvalue weighted by atomic mass is 10.1. The van der Waals surface area contributed by atoms with Crippen LogP contribution in [0.15, 0.2) is 40.9 Å². The van der Waals surface area contributed by atoms with Gasteiger partial charge in [-0.1, -0.05) is 30.4 Å². The summed E-state index contributed by atoms with van der Waals surface area (Å²) in [6.07, 6.45) is 7.08. The normalized spacial score (nSPS) is 16.0. The van der Waals surface area contributed by atoms with Crippen molar-refractivity contribution in [3.05, 3.63) is 51.3 Å². The van der Waals surface area contributed by atoms with Gasteiger partial charge in [-0.15, -0.1) is 11.3 Å². The summed E-state index contributed by atoms with van der Waals surface area (Å²) in [7, 11) is 0. The second-order valence-corrected chi connectivity index (χ2v) is 7.02. The Balaban J connectivity index is 1.75. The van der Waals surface area contributed by atoms with Crippen molar-refractivity contribution in [1.29, 1.82) is 0 Å². The van der Waals surface area contributed by atoms with Crippen molar-refractivity contribution in [3.63, 3.8) is 0 Å². The molecule has 1 amide bonds. The average Bonchev–Trinajstić information content (AvgIpc) is 2.81. The number of carbonyl (C=O) groups excluding carboxylic acids is 1. The van der Waals surface area contributed by atoms with Gasteiger partial charge in [0.1, 0.15) is 0 Å². The molecule has 0 N–H and O–H groups in total. The van der Waals surface area contributed by atoms with E-state index in [1.165, 1.54) is 20.5 Å². The standard InChI is InChI=1S/C17H16BrNOS/c1-12-13-6-2-3-8-16(13)21-15(12)9-5-11-19-10-4-7-14(18)17(19)20/h2-3,5-9H,4,10-11H2,1H3/b9-5+. The number of benzene rings is 1. The van der Waals surface area contributed by atoms with Crippen molar-refractivity contribution in [2.75, 3.05) is 13.1 Å². The highest BCUT2D eigenvalue weighted by molar-refractivity contribution is 9.12. The van der Waals surface area contributed by atoms with Gasteiger partial charge in [-0.2, -0.15) is 0 Å². The lowest BCUT2D eigenvalue weighted by Crippen LogP contribution is -2.34. The molecular weight excluding hydrogens is 346 g/mol. The van der Waals surface area contributed by atoms with Crippen LogP contribution in [0.3, 0.4) is 0 Å². The number of hydrogen-bond donors (Lipinski definition) is 0. The summed E-state index contributed by atoms with van der Waals surface area (Å²) in [5, 5.41) is 1.32. The van der Waals surface area contributed by atoms with Crippen LogP contribution in [-0.2, 0) is 4.79 Å². The number of rotatable bonds is 3. The molecule has 2 heterocycles. The van der Waals surface area contributed by atoms with Crippen LogP contribution in [-0.4, -0.2) is 23.9 Å². The Hall–Kier alpha value is -1.39. The summed E-state index contributed by atoms with van der Waals surface area (Å²) in [6.45, 7) is 3.61. The summed E-state index contributed by atoms with van der Waals surface area (Å²) in [5.41, 5.74) is 1.32. The highest BCUT2D eigenvalue weighted by Gasteiger charge is 2.18. The predicted molar refractivity (Wildman–Crippen MR) is 93.8 cm³/mol. The molecule has 2 nitrogen and oxygen atoms in total. The third-order valence-corrected chi connectivity index (χ3v) is 5.59. The molecule has 0 radical (unpaired) electrons. The van der Waals surface area contributed by atoms with E-state index in [9.17, 15) is 4.79 Å². The van der Waals surface area contributed by atoms with Crippen LogP contribution < -0.4 is 0 Å². The Morgan fingerprint density at radius 3 is 3.00 bits per heavy atom. The van der Waals surface area contributed by atoms with Gasteiger partial charge < -0.3 is 4.90 Å². The van der Waals surface area contributed by atoms with E-state index < -0.39 is 0 Å². The Morgan fingerprint density at radius 1 is 1.38 bits per heavy atom. The van der Waals surface area contributed by atoms with Gasteiger partial charge >= 0.3 is 0 Å². The monoisotopic (exact) mass is 361 g/mol. The Kier molecular flexibility index (Phi) is 4.27. The lowest BCUT2D eigenvalue weighted by Gasteiger charge is -2.23. The number of fused-ring (bicyclic) bond motifs is 1. The van der Waals surface area contributed by atoms with E-state index in [2.05, 4.69) is 59.3 Å². The van der Waals surface area contributed by atoms with E-state index in [4.69, 9.17) is 0 Å². The number of halogens is 1. The number of nitrogens with zero attached hydrogens (tertiary/aromatic N) is 1. The minimum atomic E-state index is 0.0824. The topological polar surface area (TPSA) is 20.3 Å². The SMILES string of the molecule is Cc1c(/C=C/CN2CCC=C(Br)C2=O)sc2ccccc12. The molecule has 0 bridgehead atoms. The molecule has 3 rings (SSSR count). The van der Waals surface area contributed by atoms with Crippen molar-refractivity contribution in [3.8, 4) is 0 Å². The zero-order chi connectivity index (χ0) is 14.8. The van der Waals surface area contributed by atoms with E-state index in [1.807, 2.05) is 11.0 Å². The first kappa shape index (κ1) is 14.5. The zero-order valence-electron chi connectivity index (χ0n) is 11.8. The number of thiophene rings is 1. The Morgan fingerprint density at radius 2 is 2.19 bits per heavy atom. The molecular formula is C17H16BrNOS. The molecule has 1 aliphatic heterocycles. The molecule has 1 aliphatic rings. The van der Waals surface area contributed by atoms with Gasteiger partial charge in [0.05, 0.1) is 4.48 Å². The molecule has 2 aromatic rings. The van der Waals surface area contributed by atoms with E-state index in [-0.39, 0.29) is 5.91 Å². The van der Waals surface area contributed by atoms with E-state index in [1.54, 1.807) is 11.3 Å². The summed E-state index contributed by atoms with van der Waals surface area (Å²) in [6, 6.07) is 8.46. The summed E-state index contributed by atoms with van der Waals surface area (Å²) in [4.78, 5) is 15.1. The van der Waals surface area contributed by atoms with Crippen LogP contribution in [0, 0.1) is 6.92 Å². The summed E-state index contributed by atoms with van der Waals surface area (Å²) < 4.78 is 1.99. The fourth-order valence-corrected chi connectivity index (χ4v) is 4.12. The van der Waals surface area contributed by atoms with Crippen molar-refractivity contribution >= 4 is 49.3 Å². The molecule has 0 unspecified atom stereocenters. The van der Waals surface area contributed by atoms with E-state index in [0.717, 1.165) is 13.0 Å². The molecule has 0 saturated carbocycles. The van der Waals surface area contributed by atoms with Gasteiger partial charge in [0, 0.05) is 22.7 Å². The molecule has 108 valence electrons. The fourth-order valence-electron chi connectivity index (χ4n) is 2.50. The zero-order valence-corrected chi connectivity index (χ0v) is 14.2. The van der Waals surface area contributed by atoms with Crippen LogP contribution >= 0.6 is 27.3 Å². The Labute approximate surface area is 136 Å². The molecule has 21 heavy (non-hydrogen) atoms. The van der Waals surface area contributed by atoms with Crippen LogP contribution in [0.5, 0.6) is 0 Å². The highest BCUT2D eigenvalue weighted by atomic mass is 79.9. The molecule has 0 spiro atoms. The number of hydrogen-bond acceptors (Lipinski definition) is 2. The third kappa shape index (κ3) is 2.97. The maximum atomic E-state index is 12.0. The van der Waals surface area contributed by atoms with Crippen molar-refractivity contribution in [1.82, 2.24) is 4.90 Å². The maximum Gasteiger partial charge on any atom is 0.260 e. The molecule has 1 aromatic carbocycles. The second-order valence-electron chi connectivity index (χ2n) is 5.08. The first-order valence-corrected chi connectivity index (χ1v) is 8.57. The van der Waals surface area contributed by atoms with E-state index >= 15 is 0 Å². The second kappa shape index (κ2) is 6.16. The molecule has 1 aromatic heterocycles. The molecule has 0 atom stereocenters. The van der Waals surface area contributed by atoms with Gasteiger partial charge in [-0.3, -0.25) is 4.79 Å². The minimum absolute atomic E-state index is 0.0824. The number of carbonyl (C=O) groups is 1. The fraction of sp³-hybridized carbons (Fsp3) is 0.235. The molecule has 0 saturated heterocycles. The molecule has 0 aliphatic carbocycles. The lowest BCUT2D eigenvalue weighted by molar-refractivity contribution is -0.126. The van der Waals surface area contributed by atoms with Crippen LogP contribution in [0.25, 0.3) is 16.2 Å². The van der Waals surface area contributed by atoms with Gasteiger partial charge in [0.15, 0.2) is 0 Å².